The summed E-state index contributed by atoms with van der Waals surface area (Å²) in [7, 11) is 0. The normalized spacial score (nSPS) is 25.5. The second kappa shape index (κ2) is 6.10. The highest BCUT2D eigenvalue weighted by molar-refractivity contribution is 6.82. The van der Waals surface area contributed by atoms with Gasteiger partial charge >= 0.3 is 0 Å². The largest absolute Gasteiger partial charge is 0.306 e. The van der Waals surface area contributed by atoms with Gasteiger partial charge in [-0.05, 0) is 332 Å². The molecule has 28 aromatic rings. The topological polar surface area (TPSA) is 12.0 Å². The van der Waals surface area contributed by atoms with E-state index in [0.717, 1.165) is 0 Å². The van der Waals surface area contributed by atoms with Gasteiger partial charge in [-0.3, -0.25) is 0 Å². The van der Waals surface area contributed by atoms with Crippen molar-refractivity contribution in [1.82, 2.24) is 5.32 Å². The summed E-state index contributed by atoms with van der Waals surface area (Å²) in [5, 5.41) is 97.3. The van der Waals surface area contributed by atoms with Gasteiger partial charge in [-0.1, -0.05) is 33.1 Å². The first kappa shape index (κ1) is 27.1. The summed E-state index contributed by atoms with van der Waals surface area (Å²) in [6, 6.07) is 0.330. The second-order valence-electron chi connectivity index (χ2n) is 27.8. The van der Waals surface area contributed by atoms with Gasteiger partial charge in [0.2, 0.25) is 0 Å². The van der Waals surface area contributed by atoms with E-state index in [1.807, 2.05) is 22.3 Å². The molecule has 1 nitrogen and oxygen atoms in total. The maximum absolute atomic E-state index is 5.08. The third-order valence-corrected chi connectivity index (χ3v) is 27.4. The molecule has 1 heteroatoms. The van der Waals surface area contributed by atoms with Crippen molar-refractivity contribution in [2.24, 2.45) is 5.92 Å². The van der Waals surface area contributed by atoms with E-state index in [1.54, 1.807) is 291 Å². The summed E-state index contributed by atoms with van der Waals surface area (Å²) in [4.78, 5) is 0. The molecule has 1 aliphatic heterocycles. The van der Waals surface area contributed by atoms with Crippen LogP contribution in [0.2, 0.25) is 0 Å². The summed E-state index contributed by atoms with van der Waals surface area (Å²) in [5.41, 5.74) is 6.99. The van der Waals surface area contributed by atoms with Crippen LogP contribution < -0.4 is 5.32 Å². The number of benzene rings is 18. The molecule has 1 unspecified atom stereocenters. The van der Waals surface area contributed by atoms with Crippen LogP contribution in [0.25, 0.3) is 291 Å². The minimum atomic E-state index is -0.204. The highest BCUT2D eigenvalue weighted by Crippen LogP contribution is 2.87. The number of hydrogen-bond donors (Lipinski definition) is 1. The zero-order chi connectivity index (χ0) is 42.4. The van der Waals surface area contributed by atoms with Crippen molar-refractivity contribution in [2.75, 3.05) is 0 Å². The Balaban J connectivity index is 1.19. The molecular weight excluding hydrogens is 855 g/mol. The Labute approximate surface area is 390 Å². The molecule has 1 N–H and O–H groups in total. The average Bonchev–Trinajstić information content (AvgIpc) is 4.40. The van der Waals surface area contributed by atoms with E-state index in [1.165, 1.54) is 32.1 Å². The molecule has 71 heavy (non-hydrogen) atoms. The minimum absolute atomic E-state index is 0.0383. The third kappa shape index (κ3) is 1.43. The highest BCUT2D eigenvalue weighted by Gasteiger charge is 2.81. The Bertz CT molecular complexity index is 7030. The van der Waals surface area contributed by atoms with Crippen LogP contribution in [0, 0.1) is 5.92 Å². The van der Waals surface area contributed by atoms with E-state index in [9.17, 15) is 0 Å². The molecule has 0 amide bonds. The lowest BCUT2D eigenvalue weighted by atomic mass is 9.41. The number of nitrogens with one attached hydrogen (secondary N) is 1. The summed E-state index contributed by atoms with van der Waals surface area (Å²) >= 11 is 0. The molecule has 0 radical (unpaired) electrons. The van der Waals surface area contributed by atoms with Gasteiger partial charge in [-0.2, -0.15) is 0 Å². The Hall–Kier alpha value is -7.58. The molecule has 0 bridgehead atoms. The summed E-state index contributed by atoms with van der Waals surface area (Å²) < 4.78 is 0. The van der Waals surface area contributed by atoms with E-state index < -0.39 is 0 Å². The van der Waals surface area contributed by atoms with E-state index >= 15 is 0 Å². The van der Waals surface area contributed by atoms with Crippen LogP contribution in [0.1, 0.15) is 68.2 Å². The molecule has 1 saturated heterocycles. The van der Waals surface area contributed by atoms with Crippen LogP contribution in [0.3, 0.4) is 0 Å². The zero-order valence-electron chi connectivity index (χ0n) is 37.7. The van der Waals surface area contributed by atoms with Crippen LogP contribution >= 0.6 is 0 Å². The fourth-order valence-corrected chi connectivity index (χ4v) is 27.6. The van der Waals surface area contributed by atoms with Crippen molar-refractivity contribution < 1.29 is 0 Å². The monoisotopic (exact) mass is 873 g/mol. The first-order chi connectivity index (χ1) is 35.2. The van der Waals surface area contributed by atoms with Crippen molar-refractivity contribution in [3.8, 4) is 0 Å². The van der Waals surface area contributed by atoms with Crippen molar-refractivity contribution in [3.05, 3.63) is 22.3 Å². The van der Waals surface area contributed by atoms with Gasteiger partial charge in [-0.15, -0.1) is 0 Å². The molecule has 304 valence electrons. The predicted octanol–water partition coefficient (Wildman–Crippen LogP) is 18.6. The first-order valence-corrected chi connectivity index (χ1v) is 27.8. The Kier molecular flexibility index (Phi) is 2.33. The molecule has 5 aliphatic carbocycles. The summed E-state index contributed by atoms with van der Waals surface area (Å²) in [6.45, 7) is 5.33. The van der Waals surface area contributed by atoms with E-state index in [-0.39, 0.29) is 16.4 Å². The molecule has 1 heterocycles. The van der Waals surface area contributed by atoms with Gasteiger partial charge in [0, 0.05) is 11.6 Å². The van der Waals surface area contributed by atoms with E-state index in [4.69, 9.17) is 5.32 Å². The van der Waals surface area contributed by atoms with Gasteiger partial charge in [0.25, 0.3) is 0 Å². The summed E-state index contributed by atoms with van der Waals surface area (Å²) in [6.07, 6.45) is 6.61. The van der Waals surface area contributed by atoms with Crippen molar-refractivity contribution in [2.45, 2.75) is 68.4 Å². The van der Waals surface area contributed by atoms with Crippen LogP contribution in [0.4, 0.5) is 0 Å². The van der Waals surface area contributed by atoms with Crippen LogP contribution in [-0.2, 0) is 10.8 Å². The second-order valence-corrected chi connectivity index (χ2v) is 27.8. The Morgan fingerprint density at radius 1 is 0.254 bits per heavy atom. The van der Waals surface area contributed by atoms with Crippen LogP contribution in [0.15, 0.2) is 0 Å². The van der Waals surface area contributed by atoms with Gasteiger partial charge in [0.05, 0.1) is 10.8 Å². The highest BCUT2D eigenvalue weighted by atomic mass is 15.1. The van der Waals surface area contributed by atoms with Crippen LogP contribution in [0.5, 0.6) is 0 Å². The molecule has 1 saturated carbocycles. The fraction of sp³-hybridized carbons (Fsp3) is 0.171. The molecule has 1 atom stereocenters. The molecular formula is C70H19N. The number of rotatable bonds is 1. The third-order valence-electron chi connectivity index (χ3n) is 27.4. The molecule has 2 fully saturated rings. The van der Waals surface area contributed by atoms with Gasteiger partial charge < -0.3 is 5.32 Å². The lowest BCUT2D eigenvalue weighted by molar-refractivity contribution is 0.170. The van der Waals surface area contributed by atoms with E-state index in [0.29, 0.717) is 12.0 Å². The van der Waals surface area contributed by atoms with Crippen LogP contribution in [-0.4, -0.2) is 11.6 Å². The molecule has 28 aromatic carbocycles. The van der Waals surface area contributed by atoms with E-state index in [2.05, 4.69) is 13.8 Å². The van der Waals surface area contributed by atoms with Gasteiger partial charge in [-0.25, -0.2) is 0 Å². The van der Waals surface area contributed by atoms with Crippen molar-refractivity contribution in [3.63, 3.8) is 0 Å². The lowest BCUT2D eigenvalue weighted by Gasteiger charge is -2.58. The van der Waals surface area contributed by atoms with Gasteiger partial charge in [0.15, 0.2) is 0 Å². The zero-order valence-corrected chi connectivity index (χ0v) is 37.7. The maximum Gasteiger partial charge on any atom is 0.0562 e. The standard InChI is InChI=1S/C70H19N/c1-8(2)67-69-63-55-47-37-27-19-11-9-10-13-17-15(11)23-31-25(17)35-29-21(13)22-14(10)18-16-12(9)20(19)28-34-24(16)32-26(18)36-30(22)40-39(29)51-45(35)53-43(31)49(41(47)33(23)27)57(63)59(53)65-61(51)62-52(40)46(36)54-44(32)50-42(34)48(38(28)37)56(55)64(69)58(50)60(54)66(62)70(65,69)68(71-67)6-4-3-5-7-68/h8,67,71H,3-7H2,1-2H3. The fourth-order valence-electron chi connectivity index (χ4n) is 27.6. The molecule has 34 rings (SSSR count). The van der Waals surface area contributed by atoms with Crippen molar-refractivity contribution in [1.29, 1.82) is 0 Å². The van der Waals surface area contributed by atoms with Crippen molar-refractivity contribution >= 4 is 291 Å². The molecule has 6 aliphatic rings. The average molecular weight is 874 g/mol. The Morgan fingerprint density at radius 3 is 0.634 bits per heavy atom. The minimum Gasteiger partial charge on any atom is -0.306 e. The molecule has 0 aromatic heterocycles. The summed E-state index contributed by atoms with van der Waals surface area (Å²) in [5.74, 6) is 0.470. The SMILES string of the molecule is CC(C)C1NC2(CCCCC2)C23c4c5c6c7c8c9c(c%10c%11c2c2c4c4c%12c5c5c6c6c8c8c%13c9c9c%10c%10c%11c%11c2c2c4c4c%12c%12c5c5c6c8c6c8c%13c9c9c%10c%10c%11c2c2c4c4c%12c5c6c5c8c9c%10c2c45)C713. The predicted molar refractivity (Wildman–Crippen MR) is 301 cm³/mol. The smallest absolute Gasteiger partial charge is 0.0562 e. The molecule has 3 spiro atoms. The number of hydrogen-bond acceptors (Lipinski definition) is 1. The maximum atomic E-state index is 5.08. The Morgan fingerprint density at radius 2 is 0.437 bits per heavy atom. The first-order valence-electron chi connectivity index (χ1n) is 27.8. The van der Waals surface area contributed by atoms with Gasteiger partial charge in [0.1, 0.15) is 0 Å². The quantitative estimate of drug-likeness (QED) is 0.162. The lowest BCUT2D eigenvalue weighted by Crippen LogP contribution is -2.62.